The van der Waals surface area contributed by atoms with Crippen LogP contribution in [0.3, 0.4) is 0 Å². The predicted octanol–water partition coefficient (Wildman–Crippen LogP) is 1.93. The Labute approximate surface area is 137 Å². The minimum absolute atomic E-state index is 0.114. The van der Waals surface area contributed by atoms with Crippen LogP contribution in [0.1, 0.15) is 25.8 Å². The molecule has 1 aromatic rings. The molecule has 0 fully saturated rings. The highest BCUT2D eigenvalue weighted by Gasteiger charge is 2.23. The Hall–Kier alpha value is -1.92. The number of hydrogen-bond acceptors (Lipinski definition) is 5. The van der Waals surface area contributed by atoms with Gasteiger partial charge in [-0.3, -0.25) is 9.69 Å². The van der Waals surface area contributed by atoms with Gasteiger partial charge in [0, 0.05) is 13.1 Å². The molecule has 23 heavy (non-hydrogen) atoms. The minimum Gasteiger partial charge on any atom is -0.480 e. The van der Waals surface area contributed by atoms with E-state index < -0.39 is 18.0 Å². The zero-order valence-electron chi connectivity index (χ0n) is 13.7. The molecular formula is C17H25NO5. The van der Waals surface area contributed by atoms with Crippen LogP contribution in [0.4, 0.5) is 0 Å². The van der Waals surface area contributed by atoms with Gasteiger partial charge in [-0.05, 0) is 18.9 Å². The molecule has 0 aliphatic carbocycles. The average Bonchev–Trinajstić information content (AvgIpc) is 2.53. The molecule has 0 amide bonds. The number of ether oxygens (including phenoxy) is 2. The summed E-state index contributed by atoms with van der Waals surface area (Å²) >= 11 is 0. The normalized spacial score (nSPS) is 12.1. The number of aliphatic carboxylic acids is 1. The van der Waals surface area contributed by atoms with Crippen molar-refractivity contribution in [1.29, 1.82) is 0 Å². The van der Waals surface area contributed by atoms with E-state index in [1.165, 1.54) is 0 Å². The third kappa shape index (κ3) is 7.25. The number of esters is 1. The topological polar surface area (TPSA) is 76.1 Å². The largest absolute Gasteiger partial charge is 0.480 e. The molecule has 1 rings (SSSR count). The van der Waals surface area contributed by atoms with E-state index in [-0.39, 0.29) is 13.2 Å². The number of carbonyl (C=O) groups excluding carboxylic acids is 1. The van der Waals surface area contributed by atoms with E-state index in [0.717, 1.165) is 5.56 Å². The molecule has 0 saturated carbocycles. The van der Waals surface area contributed by atoms with E-state index in [1.807, 2.05) is 42.2 Å². The van der Waals surface area contributed by atoms with Gasteiger partial charge in [0.2, 0.25) is 0 Å². The van der Waals surface area contributed by atoms with Crippen LogP contribution in [0.2, 0.25) is 0 Å². The van der Waals surface area contributed by atoms with Crippen molar-refractivity contribution in [3.8, 4) is 0 Å². The van der Waals surface area contributed by atoms with Gasteiger partial charge in [-0.15, -0.1) is 0 Å². The van der Waals surface area contributed by atoms with E-state index in [0.29, 0.717) is 26.1 Å². The summed E-state index contributed by atoms with van der Waals surface area (Å²) in [6.45, 7) is 5.01. The Morgan fingerprint density at radius 2 is 1.91 bits per heavy atom. The van der Waals surface area contributed by atoms with Gasteiger partial charge in [-0.1, -0.05) is 37.3 Å². The van der Waals surface area contributed by atoms with E-state index in [1.54, 1.807) is 6.92 Å². The molecule has 1 atom stereocenters. The Bertz CT molecular complexity index is 477. The van der Waals surface area contributed by atoms with Crippen LogP contribution < -0.4 is 0 Å². The van der Waals surface area contributed by atoms with Crippen molar-refractivity contribution in [2.75, 3.05) is 26.4 Å². The van der Waals surface area contributed by atoms with Gasteiger partial charge in [-0.25, -0.2) is 4.79 Å². The fraction of sp³-hybridized carbons (Fsp3) is 0.529. The monoisotopic (exact) mass is 323 g/mol. The number of nitrogens with zero attached hydrogens (tertiary/aromatic N) is 1. The van der Waals surface area contributed by atoms with Gasteiger partial charge in [0.1, 0.15) is 12.6 Å². The summed E-state index contributed by atoms with van der Waals surface area (Å²) < 4.78 is 10.1. The predicted molar refractivity (Wildman–Crippen MR) is 86.0 cm³/mol. The lowest BCUT2D eigenvalue weighted by molar-refractivity contribution is -0.150. The second-order valence-electron chi connectivity index (χ2n) is 5.08. The van der Waals surface area contributed by atoms with Crippen LogP contribution >= 0.6 is 0 Å². The zero-order chi connectivity index (χ0) is 17.1. The highest BCUT2D eigenvalue weighted by Crippen LogP contribution is 2.11. The van der Waals surface area contributed by atoms with Crippen molar-refractivity contribution in [1.82, 2.24) is 4.90 Å². The lowest BCUT2D eigenvalue weighted by Crippen LogP contribution is -2.42. The lowest BCUT2D eigenvalue weighted by atomic mass is 10.1. The van der Waals surface area contributed by atoms with Crippen molar-refractivity contribution in [2.45, 2.75) is 32.9 Å². The molecule has 0 spiro atoms. The van der Waals surface area contributed by atoms with Crippen molar-refractivity contribution in [3.05, 3.63) is 35.9 Å². The molecule has 128 valence electrons. The summed E-state index contributed by atoms with van der Waals surface area (Å²) in [4.78, 5) is 24.5. The van der Waals surface area contributed by atoms with Crippen LogP contribution in [0.15, 0.2) is 30.3 Å². The standard InChI is InChI=1S/C17H25NO5/c1-3-15(17(20)21)18(12-14-8-6-5-7-9-14)10-11-22-13-16(19)23-4-2/h5-9,15H,3-4,10-13H2,1-2H3,(H,20,21). The number of carbonyl (C=O) groups is 2. The molecule has 0 bridgehead atoms. The molecule has 0 heterocycles. The molecular weight excluding hydrogens is 298 g/mol. The van der Waals surface area contributed by atoms with Crippen molar-refractivity contribution < 1.29 is 24.2 Å². The van der Waals surface area contributed by atoms with Gasteiger partial charge in [0.15, 0.2) is 0 Å². The first-order valence-electron chi connectivity index (χ1n) is 7.82. The molecule has 1 N–H and O–H groups in total. The molecule has 1 aromatic carbocycles. The second kappa shape index (κ2) is 10.7. The first kappa shape index (κ1) is 19.1. The molecule has 0 radical (unpaired) electrons. The van der Waals surface area contributed by atoms with Gasteiger partial charge < -0.3 is 14.6 Å². The average molecular weight is 323 g/mol. The smallest absolute Gasteiger partial charge is 0.332 e. The minimum atomic E-state index is -0.853. The SMILES string of the molecule is CCOC(=O)COCCN(Cc1ccccc1)C(CC)C(=O)O. The molecule has 6 nitrogen and oxygen atoms in total. The first-order chi connectivity index (χ1) is 11.1. The number of benzene rings is 1. The van der Waals surface area contributed by atoms with Crippen LogP contribution in [0.5, 0.6) is 0 Å². The molecule has 0 aliphatic rings. The van der Waals surface area contributed by atoms with Crippen LogP contribution in [-0.4, -0.2) is 54.4 Å². The van der Waals surface area contributed by atoms with E-state index in [2.05, 4.69) is 0 Å². The summed E-state index contributed by atoms with van der Waals surface area (Å²) in [5, 5.41) is 9.38. The van der Waals surface area contributed by atoms with Crippen molar-refractivity contribution in [2.24, 2.45) is 0 Å². The number of rotatable bonds is 11. The Morgan fingerprint density at radius 1 is 1.22 bits per heavy atom. The van der Waals surface area contributed by atoms with Crippen LogP contribution in [0, 0.1) is 0 Å². The highest BCUT2D eigenvalue weighted by atomic mass is 16.6. The molecule has 0 aromatic heterocycles. The molecule has 0 saturated heterocycles. The van der Waals surface area contributed by atoms with Gasteiger partial charge in [-0.2, -0.15) is 0 Å². The van der Waals surface area contributed by atoms with Crippen LogP contribution in [0.25, 0.3) is 0 Å². The lowest BCUT2D eigenvalue weighted by Gasteiger charge is -2.28. The van der Waals surface area contributed by atoms with Gasteiger partial charge >= 0.3 is 11.9 Å². The molecule has 1 unspecified atom stereocenters. The Kier molecular flexibility index (Phi) is 8.94. The zero-order valence-corrected chi connectivity index (χ0v) is 13.7. The van der Waals surface area contributed by atoms with Gasteiger partial charge in [0.25, 0.3) is 0 Å². The van der Waals surface area contributed by atoms with Gasteiger partial charge in [0.05, 0.1) is 13.2 Å². The van der Waals surface area contributed by atoms with Crippen molar-refractivity contribution >= 4 is 11.9 Å². The maximum absolute atomic E-state index is 11.4. The van der Waals surface area contributed by atoms with Crippen LogP contribution in [-0.2, 0) is 25.6 Å². The maximum atomic E-state index is 11.4. The summed E-state index contributed by atoms with van der Waals surface area (Å²) in [5.74, 6) is -1.26. The summed E-state index contributed by atoms with van der Waals surface area (Å²) in [6.07, 6.45) is 0.500. The fourth-order valence-electron chi connectivity index (χ4n) is 2.29. The summed E-state index contributed by atoms with van der Waals surface area (Å²) in [5.41, 5.74) is 1.04. The summed E-state index contributed by atoms with van der Waals surface area (Å²) in [6, 6.07) is 9.10. The van der Waals surface area contributed by atoms with E-state index >= 15 is 0 Å². The number of hydrogen-bond donors (Lipinski definition) is 1. The Morgan fingerprint density at radius 3 is 2.48 bits per heavy atom. The summed E-state index contributed by atoms with van der Waals surface area (Å²) in [7, 11) is 0. The Balaban J connectivity index is 2.57. The highest BCUT2D eigenvalue weighted by molar-refractivity contribution is 5.73. The molecule has 6 heteroatoms. The fourth-order valence-corrected chi connectivity index (χ4v) is 2.29. The third-order valence-electron chi connectivity index (χ3n) is 3.39. The van der Waals surface area contributed by atoms with E-state index in [4.69, 9.17) is 9.47 Å². The number of carboxylic acids is 1. The quantitative estimate of drug-likeness (QED) is 0.495. The first-order valence-corrected chi connectivity index (χ1v) is 7.82. The van der Waals surface area contributed by atoms with Crippen molar-refractivity contribution in [3.63, 3.8) is 0 Å². The van der Waals surface area contributed by atoms with E-state index in [9.17, 15) is 14.7 Å². The third-order valence-corrected chi connectivity index (χ3v) is 3.39. The number of carboxylic acid groups (broad SMARTS) is 1. The second-order valence-corrected chi connectivity index (χ2v) is 5.08. The molecule has 0 aliphatic heterocycles. The maximum Gasteiger partial charge on any atom is 0.332 e.